The van der Waals surface area contributed by atoms with Gasteiger partial charge in [-0.25, -0.2) is 4.98 Å². The molecule has 8 heteroatoms. The van der Waals surface area contributed by atoms with Crippen molar-refractivity contribution in [2.75, 3.05) is 27.7 Å². The Labute approximate surface area is 182 Å². The van der Waals surface area contributed by atoms with Crippen LogP contribution >= 0.6 is 0 Å². The first-order valence-electron chi connectivity index (χ1n) is 9.99. The first-order valence-corrected chi connectivity index (χ1v) is 9.99. The Bertz CT molecular complexity index is 998. The van der Waals surface area contributed by atoms with E-state index < -0.39 is 0 Å². The van der Waals surface area contributed by atoms with Crippen molar-refractivity contribution in [3.05, 3.63) is 72.2 Å². The highest BCUT2D eigenvalue weighted by Crippen LogP contribution is 2.16. The van der Waals surface area contributed by atoms with Crippen LogP contribution in [0.5, 0.6) is 5.75 Å². The first kappa shape index (κ1) is 21.9. The summed E-state index contributed by atoms with van der Waals surface area (Å²) in [5.74, 6) is 2.09. The summed E-state index contributed by atoms with van der Waals surface area (Å²) in [6, 6.07) is 17.6. The van der Waals surface area contributed by atoms with Crippen molar-refractivity contribution in [3.8, 4) is 17.0 Å². The SMILES string of the molecule is CN=C(NCC(=O)NCc1ccc(OC)cc1)N(C)Cc1ncc(-c2ccccc2)[nH]1. The zero-order valence-corrected chi connectivity index (χ0v) is 18.1. The number of rotatable bonds is 8. The number of hydrogen-bond acceptors (Lipinski definition) is 4. The second kappa shape index (κ2) is 10.8. The topological polar surface area (TPSA) is 94.6 Å². The average molecular weight is 421 g/mol. The molecule has 0 aliphatic rings. The van der Waals surface area contributed by atoms with Gasteiger partial charge >= 0.3 is 0 Å². The molecule has 0 saturated carbocycles. The van der Waals surface area contributed by atoms with Crippen LogP contribution in [0.1, 0.15) is 11.4 Å². The van der Waals surface area contributed by atoms with Gasteiger partial charge in [0.25, 0.3) is 0 Å². The number of methoxy groups -OCH3 is 1. The minimum atomic E-state index is -0.116. The third-order valence-electron chi connectivity index (χ3n) is 4.73. The molecule has 0 aliphatic carbocycles. The number of guanidine groups is 1. The number of nitrogens with one attached hydrogen (secondary N) is 3. The summed E-state index contributed by atoms with van der Waals surface area (Å²) in [6.07, 6.45) is 1.82. The van der Waals surface area contributed by atoms with E-state index in [-0.39, 0.29) is 12.5 Å². The number of hydrogen-bond donors (Lipinski definition) is 3. The number of imidazole rings is 1. The van der Waals surface area contributed by atoms with Gasteiger partial charge in [-0.15, -0.1) is 0 Å². The van der Waals surface area contributed by atoms with Crippen LogP contribution in [0, 0.1) is 0 Å². The molecule has 1 amide bonds. The fraction of sp³-hybridized carbons (Fsp3) is 0.261. The molecule has 0 atom stereocenters. The van der Waals surface area contributed by atoms with Crippen molar-refractivity contribution in [1.82, 2.24) is 25.5 Å². The fourth-order valence-electron chi connectivity index (χ4n) is 3.06. The van der Waals surface area contributed by atoms with Crippen LogP contribution in [-0.4, -0.2) is 54.5 Å². The maximum absolute atomic E-state index is 12.2. The van der Waals surface area contributed by atoms with Crippen LogP contribution in [0.4, 0.5) is 0 Å². The minimum absolute atomic E-state index is 0.116. The Morgan fingerprint density at radius 2 is 1.87 bits per heavy atom. The molecule has 0 saturated heterocycles. The number of aromatic nitrogens is 2. The van der Waals surface area contributed by atoms with E-state index in [0.717, 1.165) is 28.4 Å². The number of amides is 1. The molecule has 1 aromatic heterocycles. The number of carbonyl (C=O) groups excluding carboxylic acids is 1. The first-order chi connectivity index (χ1) is 15.1. The number of carbonyl (C=O) groups is 1. The Morgan fingerprint density at radius 1 is 1.13 bits per heavy atom. The Hall–Kier alpha value is -3.81. The van der Waals surface area contributed by atoms with Crippen LogP contribution in [0.2, 0.25) is 0 Å². The molecule has 8 nitrogen and oxygen atoms in total. The maximum Gasteiger partial charge on any atom is 0.239 e. The number of ether oxygens (including phenoxy) is 1. The number of H-pyrrole nitrogens is 1. The van der Waals surface area contributed by atoms with Crippen molar-refractivity contribution < 1.29 is 9.53 Å². The largest absolute Gasteiger partial charge is 0.497 e. The molecule has 3 N–H and O–H groups in total. The van der Waals surface area contributed by atoms with Gasteiger partial charge in [0.2, 0.25) is 5.91 Å². The van der Waals surface area contributed by atoms with E-state index >= 15 is 0 Å². The summed E-state index contributed by atoms with van der Waals surface area (Å²) in [7, 11) is 5.21. The van der Waals surface area contributed by atoms with Crippen molar-refractivity contribution in [1.29, 1.82) is 0 Å². The van der Waals surface area contributed by atoms with Gasteiger partial charge in [0.1, 0.15) is 11.6 Å². The van der Waals surface area contributed by atoms with Crippen LogP contribution in [-0.2, 0) is 17.9 Å². The van der Waals surface area contributed by atoms with Crippen LogP contribution in [0.25, 0.3) is 11.3 Å². The summed E-state index contributed by atoms with van der Waals surface area (Å²) < 4.78 is 5.14. The van der Waals surface area contributed by atoms with Crippen LogP contribution < -0.4 is 15.4 Å². The third-order valence-corrected chi connectivity index (χ3v) is 4.73. The van der Waals surface area contributed by atoms with E-state index in [9.17, 15) is 4.79 Å². The minimum Gasteiger partial charge on any atom is -0.497 e. The molecule has 3 rings (SSSR count). The second-order valence-electron chi connectivity index (χ2n) is 6.99. The fourth-order valence-corrected chi connectivity index (χ4v) is 3.06. The monoisotopic (exact) mass is 420 g/mol. The molecule has 0 spiro atoms. The smallest absolute Gasteiger partial charge is 0.239 e. The Balaban J connectivity index is 1.46. The number of nitrogens with zero attached hydrogens (tertiary/aromatic N) is 3. The van der Waals surface area contributed by atoms with Crippen molar-refractivity contribution >= 4 is 11.9 Å². The number of aromatic amines is 1. The van der Waals surface area contributed by atoms with Gasteiger partial charge < -0.3 is 25.3 Å². The van der Waals surface area contributed by atoms with Gasteiger partial charge in [-0.1, -0.05) is 42.5 Å². The zero-order chi connectivity index (χ0) is 22.1. The van der Waals surface area contributed by atoms with Crippen LogP contribution in [0.15, 0.2) is 65.8 Å². The summed E-state index contributed by atoms with van der Waals surface area (Å²) >= 11 is 0. The second-order valence-corrected chi connectivity index (χ2v) is 6.99. The van der Waals surface area contributed by atoms with E-state index in [1.165, 1.54) is 0 Å². The molecule has 2 aromatic carbocycles. The standard InChI is InChI=1S/C23H28N6O2/c1-24-23(27-15-22(30)26-13-17-9-11-19(31-3)12-10-17)29(2)16-21-25-14-20(28-21)18-7-5-4-6-8-18/h4-12,14H,13,15-16H2,1-3H3,(H,24,27)(H,25,28)(H,26,30). The molecule has 0 unspecified atom stereocenters. The summed E-state index contributed by atoms with van der Waals surface area (Å²) in [4.78, 5) is 26.2. The van der Waals surface area contributed by atoms with E-state index in [1.807, 2.05) is 72.7 Å². The van der Waals surface area contributed by atoms with Gasteiger partial charge in [0.15, 0.2) is 5.96 Å². The van der Waals surface area contributed by atoms with Gasteiger partial charge in [0, 0.05) is 20.6 Å². The summed E-state index contributed by atoms with van der Waals surface area (Å²) in [6.45, 7) is 1.11. The van der Waals surface area contributed by atoms with Gasteiger partial charge in [-0.2, -0.15) is 0 Å². The molecule has 31 heavy (non-hydrogen) atoms. The molecular formula is C23H28N6O2. The molecule has 0 radical (unpaired) electrons. The maximum atomic E-state index is 12.2. The lowest BCUT2D eigenvalue weighted by Gasteiger charge is -2.20. The number of benzene rings is 2. The molecule has 0 bridgehead atoms. The highest BCUT2D eigenvalue weighted by atomic mass is 16.5. The van der Waals surface area contributed by atoms with Gasteiger partial charge in [0.05, 0.1) is 32.1 Å². The third kappa shape index (κ3) is 6.33. The summed E-state index contributed by atoms with van der Waals surface area (Å²) in [5.41, 5.74) is 3.05. The molecule has 162 valence electrons. The van der Waals surface area contributed by atoms with E-state index in [4.69, 9.17) is 4.74 Å². The highest BCUT2D eigenvalue weighted by Gasteiger charge is 2.11. The highest BCUT2D eigenvalue weighted by molar-refractivity contribution is 5.86. The predicted octanol–water partition coefficient (Wildman–Crippen LogP) is 2.41. The lowest BCUT2D eigenvalue weighted by Crippen LogP contribution is -2.43. The molecule has 0 aliphatic heterocycles. The van der Waals surface area contributed by atoms with E-state index in [0.29, 0.717) is 19.0 Å². The van der Waals surface area contributed by atoms with E-state index in [1.54, 1.807) is 14.2 Å². The molecule has 0 fully saturated rings. The zero-order valence-electron chi connectivity index (χ0n) is 18.1. The van der Waals surface area contributed by atoms with Gasteiger partial charge in [-0.3, -0.25) is 9.79 Å². The molecule has 1 heterocycles. The van der Waals surface area contributed by atoms with Crippen molar-refractivity contribution in [2.45, 2.75) is 13.1 Å². The van der Waals surface area contributed by atoms with E-state index in [2.05, 4.69) is 25.6 Å². The molecular weight excluding hydrogens is 392 g/mol. The lowest BCUT2D eigenvalue weighted by molar-refractivity contribution is -0.120. The summed E-state index contributed by atoms with van der Waals surface area (Å²) in [5, 5.41) is 5.98. The van der Waals surface area contributed by atoms with Crippen LogP contribution in [0.3, 0.4) is 0 Å². The van der Waals surface area contributed by atoms with Crippen molar-refractivity contribution in [3.63, 3.8) is 0 Å². The lowest BCUT2D eigenvalue weighted by atomic mass is 10.2. The quantitative estimate of drug-likeness (QED) is 0.384. The Morgan fingerprint density at radius 3 is 2.55 bits per heavy atom. The van der Waals surface area contributed by atoms with Crippen molar-refractivity contribution in [2.24, 2.45) is 4.99 Å². The average Bonchev–Trinajstić information content (AvgIpc) is 3.27. The van der Waals surface area contributed by atoms with Gasteiger partial charge in [-0.05, 0) is 23.3 Å². The Kier molecular flexibility index (Phi) is 7.64. The predicted molar refractivity (Wildman–Crippen MR) is 122 cm³/mol. The number of aliphatic imine (C=N–C) groups is 1. The normalized spacial score (nSPS) is 11.1. The molecule has 3 aromatic rings.